The van der Waals surface area contributed by atoms with Crippen LogP contribution >= 0.6 is 15.9 Å². The highest BCUT2D eigenvalue weighted by atomic mass is 79.9. The van der Waals surface area contributed by atoms with Crippen molar-refractivity contribution in [2.45, 2.75) is 23.8 Å². The fourth-order valence-corrected chi connectivity index (χ4v) is 5.24. The van der Waals surface area contributed by atoms with Crippen molar-refractivity contribution in [2.24, 2.45) is 0 Å². The van der Waals surface area contributed by atoms with Crippen molar-refractivity contribution >= 4 is 26.0 Å². The van der Waals surface area contributed by atoms with Crippen molar-refractivity contribution in [3.05, 3.63) is 77.3 Å². The van der Waals surface area contributed by atoms with Crippen LogP contribution in [0.25, 0.3) is 0 Å². The molecule has 0 saturated heterocycles. The summed E-state index contributed by atoms with van der Waals surface area (Å²) in [6.45, 7) is 3.70. The molecule has 0 saturated carbocycles. The quantitative estimate of drug-likeness (QED) is 0.626. The first-order valence-corrected chi connectivity index (χ1v) is 10.3. The van der Waals surface area contributed by atoms with Crippen LogP contribution in [0.1, 0.15) is 12.0 Å². The van der Waals surface area contributed by atoms with Crippen LogP contribution in [0.3, 0.4) is 0 Å². The van der Waals surface area contributed by atoms with Gasteiger partial charge in [0.25, 0.3) is 0 Å². The Bertz CT molecular complexity index is 793. The van der Waals surface area contributed by atoms with E-state index in [-0.39, 0.29) is 18.0 Å². The van der Waals surface area contributed by atoms with E-state index in [9.17, 15) is 13.5 Å². The average molecular weight is 424 g/mol. The molecule has 2 aromatic carbocycles. The second-order valence-electron chi connectivity index (χ2n) is 5.65. The van der Waals surface area contributed by atoms with Gasteiger partial charge >= 0.3 is 0 Å². The smallest absolute Gasteiger partial charge is 0.244 e. The van der Waals surface area contributed by atoms with Gasteiger partial charge in [0, 0.05) is 11.0 Å². The molecule has 1 N–H and O–H groups in total. The van der Waals surface area contributed by atoms with Crippen molar-refractivity contribution < 1.29 is 13.5 Å². The van der Waals surface area contributed by atoms with Crippen LogP contribution in [-0.2, 0) is 16.4 Å². The Morgan fingerprint density at radius 2 is 1.76 bits per heavy atom. The number of rotatable bonds is 9. The van der Waals surface area contributed by atoms with Gasteiger partial charge in [-0.3, -0.25) is 0 Å². The topological polar surface area (TPSA) is 57.6 Å². The Balaban J connectivity index is 2.39. The molecule has 0 aromatic heterocycles. The predicted molar refractivity (Wildman–Crippen MR) is 104 cm³/mol. The van der Waals surface area contributed by atoms with E-state index in [1.165, 1.54) is 4.31 Å². The maximum atomic E-state index is 13.2. The lowest BCUT2D eigenvalue weighted by Crippen LogP contribution is -2.44. The van der Waals surface area contributed by atoms with Gasteiger partial charge in [-0.25, -0.2) is 8.42 Å². The van der Waals surface area contributed by atoms with Crippen molar-refractivity contribution in [1.82, 2.24) is 4.31 Å². The molecule has 4 nitrogen and oxygen atoms in total. The summed E-state index contributed by atoms with van der Waals surface area (Å²) < 4.78 is 28.3. The highest BCUT2D eigenvalue weighted by Gasteiger charge is 2.32. The van der Waals surface area contributed by atoms with E-state index in [2.05, 4.69) is 22.5 Å². The van der Waals surface area contributed by atoms with Crippen LogP contribution in [0.4, 0.5) is 0 Å². The summed E-state index contributed by atoms with van der Waals surface area (Å²) >= 11 is 3.32. The van der Waals surface area contributed by atoms with E-state index in [1.807, 2.05) is 30.3 Å². The van der Waals surface area contributed by atoms with Gasteiger partial charge in [-0.15, -0.1) is 6.58 Å². The van der Waals surface area contributed by atoms with Crippen LogP contribution in [-0.4, -0.2) is 37.0 Å². The van der Waals surface area contributed by atoms with Crippen LogP contribution in [0.5, 0.6) is 0 Å². The first-order valence-electron chi connectivity index (χ1n) is 8.02. The van der Waals surface area contributed by atoms with Gasteiger partial charge in [0.15, 0.2) is 0 Å². The van der Waals surface area contributed by atoms with Gasteiger partial charge in [0.2, 0.25) is 10.0 Å². The van der Waals surface area contributed by atoms with Gasteiger partial charge in [-0.05, 0) is 46.5 Å². The van der Waals surface area contributed by atoms with E-state index in [0.29, 0.717) is 17.3 Å². The standard InChI is InChI=1S/C19H22BrNO3S/c1-2-3-13-21(17(15-22)14-16-9-5-4-6-10-16)25(23,24)19-12-8-7-11-18(19)20/h2,4-12,17,22H,1,3,13-15H2/t17-/m0/s1. The molecule has 6 heteroatoms. The van der Waals surface area contributed by atoms with Crippen LogP contribution in [0.2, 0.25) is 0 Å². The zero-order valence-electron chi connectivity index (χ0n) is 13.9. The van der Waals surface area contributed by atoms with E-state index in [4.69, 9.17) is 0 Å². The van der Waals surface area contributed by atoms with E-state index in [0.717, 1.165) is 5.56 Å². The lowest BCUT2D eigenvalue weighted by molar-refractivity contribution is 0.187. The van der Waals surface area contributed by atoms with Crippen molar-refractivity contribution in [3.8, 4) is 0 Å². The summed E-state index contributed by atoms with van der Waals surface area (Å²) in [5.41, 5.74) is 0.979. The molecule has 0 aliphatic carbocycles. The number of halogens is 1. The maximum absolute atomic E-state index is 13.2. The summed E-state index contributed by atoms with van der Waals surface area (Å²) in [5.74, 6) is 0. The Labute approximate surface area is 158 Å². The second-order valence-corrected chi connectivity index (χ2v) is 8.36. The van der Waals surface area contributed by atoms with Gasteiger partial charge in [-0.2, -0.15) is 4.31 Å². The molecule has 2 rings (SSSR count). The van der Waals surface area contributed by atoms with Crippen LogP contribution < -0.4 is 0 Å². The summed E-state index contributed by atoms with van der Waals surface area (Å²) in [7, 11) is -3.76. The van der Waals surface area contributed by atoms with Gasteiger partial charge < -0.3 is 5.11 Å². The van der Waals surface area contributed by atoms with Crippen LogP contribution in [0.15, 0.2) is 76.6 Å². The summed E-state index contributed by atoms with van der Waals surface area (Å²) in [5, 5.41) is 9.89. The van der Waals surface area contributed by atoms with E-state index in [1.54, 1.807) is 30.3 Å². The lowest BCUT2D eigenvalue weighted by Gasteiger charge is -2.30. The first kappa shape index (κ1) is 19.8. The van der Waals surface area contributed by atoms with E-state index >= 15 is 0 Å². The molecular formula is C19H22BrNO3S. The Morgan fingerprint density at radius 1 is 1.12 bits per heavy atom. The molecule has 0 heterocycles. The monoisotopic (exact) mass is 423 g/mol. The molecule has 0 radical (unpaired) electrons. The second kappa shape index (κ2) is 9.29. The normalized spacial score (nSPS) is 12.9. The molecule has 1 atom stereocenters. The Kier molecular flexibility index (Phi) is 7.38. The molecule has 0 amide bonds. The molecule has 2 aromatic rings. The molecule has 0 aliphatic rings. The van der Waals surface area contributed by atoms with Crippen molar-refractivity contribution in [3.63, 3.8) is 0 Å². The number of aliphatic hydroxyl groups excluding tert-OH is 1. The zero-order chi connectivity index (χ0) is 18.3. The fraction of sp³-hybridized carbons (Fsp3) is 0.263. The van der Waals surface area contributed by atoms with Crippen molar-refractivity contribution in [2.75, 3.05) is 13.2 Å². The Morgan fingerprint density at radius 3 is 2.36 bits per heavy atom. The third-order valence-corrected chi connectivity index (χ3v) is 6.87. The Hall–Kier alpha value is -1.47. The number of benzene rings is 2. The lowest BCUT2D eigenvalue weighted by atomic mass is 10.1. The van der Waals surface area contributed by atoms with Crippen molar-refractivity contribution in [1.29, 1.82) is 0 Å². The largest absolute Gasteiger partial charge is 0.395 e. The SMILES string of the molecule is C=CCCN([C@H](CO)Cc1ccccc1)S(=O)(=O)c1ccccc1Br. The number of aliphatic hydroxyl groups is 1. The fourth-order valence-electron chi connectivity index (χ4n) is 2.64. The third-order valence-electron chi connectivity index (χ3n) is 3.91. The maximum Gasteiger partial charge on any atom is 0.244 e. The summed E-state index contributed by atoms with van der Waals surface area (Å²) in [6, 6.07) is 15.8. The number of hydrogen-bond acceptors (Lipinski definition) is 3. The molecule has 0 fully saturated rings. The van der Waals surface area contributed by atoms with Gasteiger partial charge in [-0.1, -0.05) is 48.5 Å². The summed E-state index contributed by atoms with van der Waals surface area (Å²) in [6.07, 6.45) is 2.63. The molecular weight excluding hydrogens is 402 g/mol. The zero-order valence-corrected chi connectivity index (χ0v) is 16.3. The highest BCUT2D eigenvalue weighted by molar-refractivity contribution is 9.10. The molecule has 0 aliphatic heterocycles. The minimum atomic E-state index is -3.76. The number of nitrogens with zero attached hydrogens (tertiary/aromatic N) is 1. The summed E-state index contributed by atoms with van der Waals surface area (Å²) in [4.78, 5) is 0.200. The molecule has 0 bridgehead atoms. The molecule has 25 heavy (non-hydrogen) atoms. The molecule has 0 unspecified atom stereocenters. The van der Waals surface area contributed by atoms with Crippen LogP contribution in [0, 0.1) is 0 Å². The predicted octanol–water partition coefficient (Wildman–Crippen LogP) is 3.62. The highest BCUT2D eigenvalue weighted by Crippen LogP contribution is 2.27. The minimum absolute atomic E-state index is 0.200. The molecule has 134 valence electrons. The third kappa shape index (κ3) is 5.01. The first-order chi connectivity index (χ1) is 12.0. The molecule has 0 spiro atoms. The van der Waals surface area contributed by atoms with Gasteiger partial charge in [0.05, 0.1) is 17.5 Å². The average Bonchev–Trinajstić information content (AvgIpc) is 2.62. The minimum Gasteiger partial charge on any atom is -0.395 e. The number of sulfonamides is 1. The van der Waals surface area contributed by atoms with Gasteiger partial charge in [0.1, 0.15) is 0 Å². The van der Waals surface area contributed by atoms with E-state index < -0.39 is 16.1 Å². The number of hydrogen-bond donors (Lipinski definition) is 1.